The zero-order valence-electron chi connectivity index (χ0n) is 7.38. The highest BCUT2D eigenvalue weighted by atomic mass is 16.6. The van der Waals surface area contributed by atoms with Crippen LogP contribution in [0.2, 0.25) is 0 Å². The molecular formula is C10H9NO3. The van der Waals surface area contributed by atoms with Gasteiger partial charge in [-0.1, -0.05) is 0 Å². The van der Waals surface area contributed by atoms with Gasteiger partial charge in [-0.3, -0.25) is 4.98 Å². The zero-order valence-corrected chi connectivity index (χ0v) is 7.38. The molecule has 0 radical (unpaired) electrons. The number of pyridine rings is 1. The van der Waals surface area contributed by atoms with Gasteiger partial charge in [0.05, 0.1) is 6.20 Å². The molecule has 2 heterocycles. The topological polar surface area (TPSA) is 55.5 Å². The summed E-state index contributed by atoms with van der Waals surface area (Å²) in [6, 6.07) is 6.85. The highest BCUT2D eigenvalue weighted by Crippen LogP contribution is 2.22. The van der Waals surface area contributed by atoms with Crippen LogP contribution >= 0.6 is 0 Å². The van der Waals surface area contributed by atoms with E-state index in [0.29, 0.717) is 17.5 Å². The molecule has 2 aromatic heterocycles. The van der Waals surface area contributed by atoms with Gasteiger partial charge in [0, 0.05) is 12.3 Å². The first kappa shape index (κ1) is 8.77. The zero-order chi connectivity index (χ0) is 9.80. The van der Waals surface area contributed by atoms with Gasteiger partial charge in [0.25, 0.3) is 5.95 Å². The quantitative estimate of drug-likeness (QED) is 0.805. The maximum Gasteiger partial charge on any atom is 0.290 e. The van der Waals surface area contributed by atoms with Crippen molar-refractivity contribution in [1.82, 2.24) is 4.98 Å². The molecule has 2 aromatic rings. The predicted octanol–water partition coefficient (Wildman–Crippen LogP) is 1.96. The van der Waals surface area contributed by atoms with Crippen LogP contribution in [0.25, 0.3) is 0 Å². The molecule has 0 amide bonds. The van der Waals surface area contributed by atoms with Crippen LogP contribution in [0, 0.1) is 0 Å². The molecule has 0 aromatic carbocycles. The lowest BCUT2D eigenvalue weighted by Crippen LogP contribution is -1.82. The molecule has 0 saturated heterocycles. The number of rotatable bonds is 3. The Bertz CT molecular complexity index is 397. The van der Waals surface area contributed by atoms with Gasteiger partial charge in [-0.05, 0) is 18.2 Å². The van der Waals surface area contributed by atoms with Gasteiger partial charge < -0.3 is 14.3 Å². The normalized spacial score (nSPS) is 10.1. The van der Waals surface area contributed by atoms with Crippen LogP contribution in [-0.4, -0.2) is 10.1 Å². The molecule has 4 heteroatoms. The molecular weight excluding hydrogens is 182 g/mol. The van der Waals surface area contributed by atoms with Gasteiger partial charge in [0.15, 0.2) is 0 Å². The Labute approximate surface area is 80.8 Å². The molecule has 0 aliphatic heterocycles. The van der Waals surface area contributed by atoms with E-state index in [2.05, 4.69) is 4.98 Å². The highest BCUT2D eigenvalue weighted by molar-refractivity contribution is 5.22. The Morgan fingerprint density at radius 1 is 1.36 bits per heavy atom. The van der Waals surface area contributed by atoms with Crippen molar-refractivity contribution in [2.45, 2.75) is 6.61 Å². The van der Waals surface area contributed by atoms with Crippen molar-refractivity contribution < 1.29 is 14.3 Å². The van der Waals surface area contributed by atoms with E-state index in [4.69, 9.17) is 14.3 Å². The summed E-state index contributed by atoms with van der Waals surface area (Å²) in [7, 11) is 0. The Balaban J connectivity index is 2.11. The first-order chi connectivity index (χ1) is 6.88. The lowest BCUT2D eigenvalue weighted by Gasteiger charge is -1.99. The van der Waals surface area contributed by atoms with E-state index in [0.717, 1.165) is 0 Å². The lowest BCUT2D eigenvalue weighted by molar-refractivity contribution is 0.231. The van der Waals surface area contributed by atoms with Crippen LogP contribution in [0.5, 0.6) is 11.7 Å². The SMILES string of the molecule is OCc1ccc(Oc2cccnc2)o1. The summed E-state index contributed by atoms with van der Waals surface area (Å²) in [4.78, 5) is 3.89. The van der Waals surface area contributed by atoms with Crippen molar-refractivity contribution >= 4 is 0 Å². The van der Waals surface area contributed by atoms with Gasteiger partial charge >= 0.3 is 0 Å². The summed E-state index contributed by atoms with van der Waals surface area (Å²) in [5, 5.41) is 8.76. The number of nitrogens with zero attached hydrogens (tertiary/aromatic N) is 1. The fourth-order valence-electron chi connectivity index (χ4n) is 1.02. The number of hydrogen-bond donors (Lipinski definition) is 1. The third kappa shape index (κ3) is 1.92. The van der Waals surface area contributed by atoms with Crippen LogP contribution in [0.1, 0.15) is 5.76 Å². The van der Waals surface area contributed by atoms with Crippen LogP contribution in [0.15, 0.2) is 41.1 Å². The second kappa shape index (κ2) is 3.93. The number of hydrogen-bond acceptors (Lipinski definition) is 4. The highest BCUT2D eigenvalue weighted by Gasteiger charge is 2.02. The molecule has 2 rings (SSSR count). The van der Waals surface area contributed by atoms with Gasteiger partial charge in [-0.15, -0.1) is 0 Å². The van der Waals surface area contributed by atoms with Crippen molar-refractivity contribution in [1.29, 1.82) is 0 Å². The van der Waals surface area contributed by atoms with Crippen LogP contribution in [0.4, 0.5) is 0 Å². The minimum absolute atomic E-state index is 0.129. The fraction of sp³-hybridized carbons (Fsp3) is 0.100. The molecule has 14 heavy (non-hydrogen) atoms. The minimum Gasteiger partial charge on any atom is -0.428 e. The summed E-state index contributed by atoms with van der Waals surface area (Å²) in [5.41, 5.74) is 0. The van der Waals surface area contributed by atoms with Crippen LogP contribution < -0.4 is 4.74 Å². The molecule has 0 aliphatic rings. The van der Waals surface area contributed by atoms with Crippen LogP contribution in [-0.2, 0) is 6.61 Å². The van der Waals surface area contributed by atoms with Gasteiger partial charge in [-0.25, -0.2) is 0 Å². The number of ether oxygens (including phenoxy) is 1. The van der Waals surface area contributed by atoms with E-state index in [-0.39, 0.29) is 6.61 Å². The molecule has 0 unspecified atom stereocenters. The van der Waals surface area contributed by atoms with Crippen LogP contribution in [0.3, 0.4) is 0 Å². The first-order valence-electron chi connectivity index (χ1n) is 4.16. The third-order valence-corrected chi connectivity index (χ3v) is 1.65. The Hall–Kier alpha value is -1.81. The van der Waals surface area contributed by atoms with Crippen molar-refractivity contribution in [3.63, 3.8) is 0 Å². The summed E-state index contributed by atoms with van der Waals surface area (Å²) in [5.74, 6) is 1.43. The van der Waals surface area contributed by atoms with E-state index in [1.807, 2.05) is 0 Å². The molecule has 0 spiro atoms. The van der Waals surface area contributed by atoms with Crippen molar-refractivity contribution in [3.8, 4) is 11.7 Å². The summed E-state index contributed by atoms with van der Waals surface area (Å²) in [6.45, 7) is -0.129. The smallest absolute Gasteiger partial charge is 0.290 e. The number of aliphatic hydroxyl groups excluding tert-OH is 1. The largest absolute Gasteiger partial charge is 0.428 e. The average molecular weight is 191 g/mol. The summed E-state index contributed by atoms with van der Waals surface area (Å²) in [6.07, 6.45) is 3.25. The van der Waals surface area contributed by atoms with Crippen molar-refractivity contribution in [2.24, 2.45) is 0 Å². The maximum atomic E-state index is 8.76. The lowest BCUT2D eigenvalue weighted by atomic mass is 10.5. The molecule has 4 nitrogen and oxygen atoms in total. The average Bonchev–Trinajstić information content (AvgIpc) is 2.67. The van der Waals surface area contributed by atoms with E-state index < -0.39 is 0 Å². The second-order valence-electron chi connectivity index (χ2n) is 2.67. The monoisotopic (exact) mass is 191 g/mol. The molecule has 0 saturated carbocycles. The minimum atomic E-state index is -0.129. The molecule has 0 aliphatic carbocycles. The standard InChI is InChI=1S/C10H9NO3/c12-7-9-3-4-10(14-9)13-8-2-1-5-11-6-8/h1-6,12H,7H2. The van der Waals surface area contributed by atoms with Crippen molar-refractivity contribution in [2.75, 3.05) is 0 Å². The second-order valence-corrected chi connectivity index (χ2v) is 2.67. The third-order valence-electron chi connectivity index (χ3n) is 1.65. The maximum absolute atomic E-state index is 8.76. The number of furan rings is 1. The summed E-state index contributed by atoms with van der Waals surface area (Å²) >= 11 is 0. The van der Waals surface area contributed by atoms with E-state index in [1.54, 1.807) is 36.7 Å². The van der Waals surface area contributed by atoms with E-state index in [1.165, 1.54) is 0 Å². The molecule has 1 N–H and O–H groups in total. The number of aliphatic hydroxyl groups is 1. The van der Waals surface area contributed by atoms with Crippen molar-refractivity contribution in [3.05, 3.63) is 42.4 Å². The number of aromatic nitrogens is 1. The first-order valence-corrected chi connectivity index (χ1v) is 4.16. The predicted molar refractivity (Wildman–Crippen MR) is 48.9 cm³/mol. The Morgan fingerprint density at radius 3 is 2.93 bits per heavy atom. The van der Waals surface area contributed by atoms with E-state index >= 15 is 0 Å². The molecule has 72 valence electrons. The fourth-order valence-corrected chi connectivity index (χ4v) is 1.02. The van der Waals surface area contributed by atoms with E-state index in [9.17, 15) is 0 Å². The Kier molecular flexibility index (Phi) is 2.46. The van der Waals surface area contributed by atoms with Gasteiger partial charge in [0.2, 0.25) is 0 Å². The molecule has 0 bridgehead atoms. The van der Waals surface area contributed by atoms with Gasteiger partial charge in [-0.2, -0.15) is 0 Å². The molecule has 0 fully saturated rings. The Morgan fingerprint density at radius 2 is 2.29 bits per heavy atom. The summed E-state index contributed by atoms with van der Waals surface area (Å²) < 4.78 is 10.5. The molecule has 0 atom stereocenters. The van der Waals surface area contributed by atoms with Gasteiger partial charge in [0.1, 0.15) is 18.1 Å².